The molecule has 0 radical (unpaired) electrons. The van der Waals surface area contributed by atoms with Gasteiger partial charge in [-0.2, -0.15) is 0 Å². The standard InChI is InChI=1S/C27H31FN4O/c1-29-26-13-20(28)11-18-12-24-25(31-27(18)26)14-23(30-24)22-9-8-17(16-33)10-19(22)15-32(2)21-6-4-3-5-7-21/h8-14,21,29-30,33H,3-7,15-16H2,1-2H3. The molecule has 1 saturated carbocycles. The number of H-pyrrole nitrogens is 1. The summed E-state index contributed by atoms with van der Waals surface area (Å²) in [4.78, 5) is 10.8. The highest BCUT2D eigenvalue weighted by molar-refractivity contribution is 5.99. The summed E-state index contributed by atoms with van der Waals surface area (Å²) in [6, 6.07) is 13.8. The first-order valence-electron chi connectivity index (χ1n) is 11.8. The molecule has 4 aromatic rings. The van der Waals surface area contributed by atoms with E-state index in [9.17, 15) is 9.50 Å². The van der Waals surface area contributed by atoms with Crippen LogP contribution in [0.5, 0.6) is 0 Å². The number of nitrogens with zero attached hydrogens (tertiary/aromatic N) is 2. The molecule has 33 heavy (non-hydrogen) atoms. The molecule has 172 valence electrons. The van der Waals surface area contributed by atoms with E-state index in [2.05, 4.69) is 40.4 Å². The molecule has 0 saturated heterocycles. The number of fused-ring (bicyclic) bond motifs is 2. The zero-order valence-corrected chi connectivity index (χ0v) is 19.3. The smallest absolute Gasteiger partial charge is 0.126 e. The molecule has 3 N–H and O–H groups in total. The van der Waals surface area contributed by atoms with Crippen molar-refractivity contribution in [1.29, 1.82) is 0 Å². The van der Waals surface area contributed by atoms with Gasteiger partial charge in [-0.15, -0.1) is 0 Å². The zero-order valence-electron chi connectivity index (χ0n) is 19.3. The minimum Gasteiger partial charge on any atom is -0.392 e. The van der Waals surface area contributed by atoms with Crippen molar-refractivity contribution in [3.63, 3.8) is 0 Å². The number of aromatic amines is 1. The third-order valence-electron chi connectivity index (χ3n) is 6.99. The van der Waals surface area contributed by atoms with Gasteiger partial charge >= 0.3 is 0 Å². The van der Waals surface area contributed by atoms with Crippen LogP contribution in [0.1, 0.15) is 43.2 Å². The molecule has 0 unspecified atom stereocenters. The van der Waals surface area contributed by atoms with Crippen molar-refractivity contribution < 1.29 is 9.50 Å². The number of benzene rings is 2. The van der Waals surface area contributed by atoms with E-state index in [1.54, 1.807) is 7.05 Å². The highest BCUT2D eigenvalue weighted by Gasteiger charge is 2.20. The van der Waals surface area contributed by atoms with Crippen LogP contribution < -0.4 is 5.32 Å². The van der Waals surface area contributed by atoms with Gasteiger partial charge in [0.15, 0.2) is 0 Å². The summed E-state index contributed by atoms with van der Waals surface area (Å²) in [6.45, 7) is 0.853. The number of hydrogen-bond acceptors (Lipinski definition) is 4. The second-order valence-electron chi connectivity index (χ2n) is 9.24. The summed E-state index contributed by atoms with van der Waals surface area (Å²) < 4.78 is 14.1. The molecule has 2 heterocycles. The van der Waals surface area contributed by atoms with Gasteiger partial charge in [-0.3, -0.25) is 4.90 Å². The normalized spacial score (nSPS) is 15.1. The lowest BCUT2D eigenvalue weighted by molar-refractivity contribution is 0.184. The van der Waals surface area contributed by atoms with Gasteiger partial charge in [-0.1, -0.05) is 37.5 Å². The molecule has 0 amide bonds. The van der Waals surface area contributed by atoms with E-state index in [-0.39, 0.29) is 12.4 Å². The summed E-state index contributed by atoms with van der Waals surface area (Å²) in [5, 5.41) is 13.5. The van der Waals surface area contributed by atoms with Crippen LogP contribution in [0.2, 0.25) is 0 Å². The van der Waals surface area contributed by atoms with Crippen molar-refractivity contribution in [3.05, 3.63) is 59.4 Å². The maximum atomic E-state index is 14.1. The quantitative estimate of drug-likeness (QED) is 0.349. The molecule has 1 aliphatic rings. The predicted molar refractivity (Wildman–Crippen MR) is 133 cm³/mol. The van der Waals surface area contributed by atoms with Gasteiger partial charge in [-0.25, -0.2) is 9.37 Å². The van der Waals surface area contributed by atoms with Crippen LogP contribution in [-0.2, 0) is 13.2 Å². The molecule has 1 aliphatic carbocycles. The number of halogens is 1. The second kappa shape index (κ2) is 9.12. The van der Waals surface area contributed by atoms with Crippen molar-refractivity contribution in [1.82, 2.24) is 14.9 Å². The van der Waals surface area contributed by atoms with Crippen molar-refractivity contribution >= 4 is 27.6 Å². The Morgan fingerprint density at radius 2 is 1.94 bits per heavy atom. The minimum atomic E-state index is -0.285. The van der Waals surface area contributed by atoms with Crippen molar-refractivity contribution in [2.75, 3.05) is 19.4 Å². The van der Waals surface area contributed by atoms with Gasteiger partial charge in [-0.05, 0) is 55.3 Å². The molecule has 5 rings (SSSR count). The molecular weight excluding hydrogens is 415 g/mol. The van der Waals surface area contributed by atoms with Gasteiger partial charge in [0.1, 0.15) is 5.82 Å². The van der Waals surface area contributed by atoms with Crippen LogP contribution in [-0.4, -0.2) is 40.1 Å². The lowest BCUT2D eigenvalue weighted by Gasteiger charge is -2.31. The van der Waals surface area contributed by atoms with Crippen molar-refractivity contribution in [2.24, 2.45) is 0 Å². The fourth-order valence-electron chi connectivity index (χ4n) is 5.19. The average molecular weight is 447 g/mol. The monoisotopic (exact) mass is 446 g/mol. The van der Waals surface area contributed by atoms with Crippen molar-refractivity contribution in [2.45, 2.75) is 51.3 Å². The van der Waals surface area contributed by atoms with Gasteiger partial charge < -0.3 is 15.4 Å². The lowest BCUT2D eigenvalue weighted by Crippen LogP contribution is -2.33. The number of rotatable bonds is 6. The number of hydrogen-bond donors (Lipinski definition) is 3. The van der Waals surface area contributed by atoms with Gasteiger partial charge in [0.25, 0.3) is 0 Å². The first kappa shape index (κ1) is 21.9. The third kappa shape index (κ3) is 4.33. The first-order valence-corrected chi connectivity index (χ1v) is 11.8. The Kier molecular flexibility index (Phi) is 6.04. The molecule has 2 aromatic carbocycles. The molecule has 0 spiro atoms. The Hall–Kier alpha value is -2.96. The van der Waals surface area contributed by atoms with E-state index >= 15 is 0 Å². The number of pyridine rings is 1. The van der Waals surface area contributed by atoms with Crippen LogP contribution >= 0.6 is 0 Å². The number of aliphatic hydroxyl groups excluding tert-OH is 1. The van der Waals surface area contributed by atoms with Gasteiger partial charge in [0.05, 0.1) is 28.8 Å². The number of nitrogens with one attached hydrogen (secondary N) is 2. The van der Waals surface area contributed by atoms with Gasteiger partial charge in [0.2, 0.25) is 0 Å². The Morgan fingerprint density at radius 1 is 1.12 bits per heavy atom. The molecule has 6 heteroatoms. The van der Waals surface area contributed by atoms with E-state index in [0.717, 1.165) is 45.3 Å². The van der Waals surface area contributed by atoms with Gasteiger partial charge in [0, 0.05) is 36.3 Å². The van der Waals surface area contributed by atoms with E-state index in [1.807, 2.05) is 12.1 Å². The third-order valence-corrected chi connectivity index (χ3v) is 6.99. The highest BCUT2D eigenvalue weighted by Crippen LogP contribution is 2.32. The average Bonchev–Trinajstić information content (AvgIpc) is 3.25. The molecule has 0 aliphatic heterocycles. The largest absolute Gasteiger partial charge is 0.392 e. The SMILES string of the molecule is CNc1cc(F)cc2cc3[nH]c(-c4ccc(CO)cc4CN(C)C4CCCCC4)cc3nc12. The predicted octanol–water partition coefficient (Wildman–Crippen LogP) is 5.82. The summed E-state index contributed by atoms with van der Waals surface area (Å²) in [7, 11) is 3.99. The zero-order chi connectivity index (χ0) is 22.9. The topological polar surface area (TPSA) is 64.2 Å². The summed E-state index contributed by atoms with van der Waals surface area (Å²) in [5.41, 5.74) is 7.35. The Bertz CT molecular complexity index is 1290. The maximum Gasteiger partial charge on any atom is 0.126 e. The molecule has 5 nitrogen and oxygen atoms in total. The summed E-state index contributed by atoms with van der Waals surface area (Å²) >= 11 is 0. The summed E-state index contributed by atoms with van der Waals surface area (Å²) in [5.74, 6) is -0.285. The molecule has 2 aromatic heterocycles. The van der Waals surface area contributed by atoms with Crippen molar-refractivity contribution in [3.8, 4) is 11.3 Å². The van der Waals surface area contributed by atoms with Crippen LogP contribution in [0.4, 0.5) is 10.1 Å². The fourth-order valence-corrected chi connectivity index (χ4v) is 5.19. The van der Waals surface area contributed by atoms with E-state index in [4.69, 9.17) is 4.98 Å². The Balaban J connectivity index is 1.56. The molecule has 0 bridgehead atoms. The number of aromatic nitrogens is 2. The first-order chi connectivity index (χ1) is 16.1. The van der Waals surface area contributed by atoms with E-state index in [1.165, 1.54) is 49.8 Å². The fraction of sp³-hybridized carbons (Fsp3) is 0.370. The van der Waals surface area contributed by atoms with E-state index < -0.39 is 0 Å². The highest BCUT2D eigenvalue weighted by atomic mass is 19.1. The summed E-state index contributed by atoms with van der Waals surface area (Å²) in [6.07, 6.45) is 6.44. The lowest BCUT2D eigenvalue weighted by atomic mass is 9.93. The Labute approximate surface area is 193 Å². The second-order valence-corrected chi connectivity index (χ2v) is 9.24. The number of aliphatic hydroxyl groups is 1. The maximum absolute atomic E-state index is 14.1. The molecule has 1 fully saturated rings. The van der Waals surface area contributed by atoms with E-state index in [0.29, 0.717) is 11.7 Å². The van der Waals surface area contributed by atoms with Crippen LogP contribution in [0.15, 0.2) is 42.5 Å². The number of anilines is 1. The van der Waals surface area contributed by atoms with Crippen LogP contribution in [0, 0.1) is 5.82 Å². The van der Waals surface area contributed by atoms with Crippen LogP contribution in [0.3, 0.4) is 0 Å². The minimum absolute atomic E-state index is 0.0262. The molecule has 0 atom stereocenters. The van der Waals surface area contributed by atoms with Crippen LogP contribution in [0.25, 0.3) is 33.2 Å². The molecular formula is C27H31FN4O. The Morgan fingerprint density at radius 3 is 2.70 bits per heavy atom.